The zero-order chi connectivity index (χ0) is 13.4. The van der Waals surface area contributed by atoms with Crippen molar-refractivity contribution in [1.82, 2.24) is 10.0 Å². The largest absolute Gasteiger partial charge is 0.447 e. The summed E-state index contributed by atoms with van der Waals surface area (Å²) in [5.74, 6) is 1.35. The molecule has 1 aliphatic carbocycles. The minimum Gasteiger partial charge on any atom is -0.447 e. The summed E-state index contributed by atoms with van der Waals surface area (Å²) in [5.41, 5.74) is 0.0782. The third-order valence-electron chi connectivity index (χ3n) is 3.49. The first-order chi connectivity index (χ1) is 8.35. The summed E-state index contributed by atoms with van der Waals surface area (Å²) in [4.78, 5) is 0. The zero-order valence-corrected chi connectivity index (χ0v) is 11.8. The maximum absolute atomic E-state index is 11.5. The van der Waals surface area contributed by atoms with Gasteiger partial charge in [0, 0.05) is 5.54 Å². The molecular formula is C12H20N2O3S. The summed E-state index contributed by atoms with van der Waals surface area (Å²) in [5, 5.41) is 3.37. The second-order valence-corrected chi connectivity index (χ2v) is 7.10. The second-order valence-electron chi connectivity index (χ2n) is 5.28. The smallest absolute Gasteiger partial charge is 0.273 e. The lowest BCUT2D eigenvalue weighted by atomic mass is 9.99. The molecule has 102 valence electrons. The van der Waals surface area contributed by atoms with Gasteiger partial charge in [-0.1, -0.05) is 0 Å². The minimum atomic E-state index is -3.48. The van der Waals surface area contributed by atoms with Crippen LogP contribution in [-0.4, -0.2) is 21.0 Å². The lowest BCUT2D eigenvalue weighted by Gasteiger charge is -2.25. The molecule has 5 nitrogen and oxygen atoms in total. The first-order valence-corrected chi connectivity index (χ1v) is 7.61. The van der Waals surface area contributed by atoms with E-state index in [2.05, 4.69) is 23.9 Å². The highest BCUT2D eigenvalue weighted by Gasteiger charge is 2.37. The molecular weight excluding hydrogens is 252 g/mol. The fraction of sp³-hybridized carbons (Fsp3) is 0.667. The molecule has 6 heteroatoms. The third kappa shape index (κ3) is 2.93. The van der Waals surface area contributed by atoms with Crippen LogP contribution in [0.3, 0.4) is 0 Å². The molecule has 1 heterocycles. The van der Waals surface area contributed by atoms with Gasteiger partial charge >= 0.3 is 0 Å². The number of nitrogens with one attached hydrogen (secondary N) is 2. The van der Waals surface area contributed by atoms with Crippen molar-refractivity contribution in [3.63, 3.8) is 0 Å². The topological polar surface area (TPSA) is 71.3 Å². The van der Waals surface area contributed by atoms with Gasteiger partial charge in [-0.25, -0.2) is 13.1 Å². The molecule has 2 rings (SSSR count). The van der Waals surface area contributed by atoms with Crippen LogP contribution in [0.2, 0.25) is 0 Å². The standard InChI is InChI=1S/C12H20N2O3S/c1-12(2,9-4-5-9)14-8-10-6-7-11(17-10)18(15,16)13-3/h6-7,9,13-14H,4-5,8H2,1-3H3. The van der Waals surface area contributed by atoms with Gasteiger partial charge in [-0.2, -0.15) is 0 Å². The monoisotopic (exact) mass is 272 g/mol. The van der Waals surface area contributed by atoms with Gasteiger partial charge in [0.15, 0.2) is 0 Å². The fourth-order valence-corrected chi connectivity index (χ4v) is 2.63. The molecule has 0 amide bonds. The van der Waals surface area contributed by atoms with E-state index >= 15 is 0 Å². The Kier molecular flexibility index (Phi) is 3.53. The average molecular weight is 272 g/mol. The van der Waals surface area contributed by atoms with Crippen molar-refractivity contribution in [2.24, 2.45) is 5.92 Å². The normalized spacial score (nSPS) is 17.1. The molecule has 1 saturated carbocycles. The summed E-state index contributed by atoms with van der Waals surface area (Å²) >= 11 is 0. The molecule has 0 unspecified atom stereocenters. The van der Waals surface area contributed by atoms with E-state index in [1.807, 2.05) is 0 Å². The minimum absolute atomic E-state index is 0.0361. The highest BCUT2D eigenvalue weighted by Crippen LogP contribution is 2.39. The highest BCUT2D eigenvalue weighted by atomic mass is 32.2. The maximum Gasteiger partial charge on any atom is 0.273 e. The summed E-state index contributed by atoms with van der Waals surface area (Å²) in [7, 11) is -2.11. The lowest BCUT2D eigenvalue weighted by molar-refractivity contribution is 0.312. The SMILES string of the molecule is CNS(=O)(=O)c1ccc(CNC(C)(C)C2CC2)o1. The van der Waals surface area contributed by atoms with E-state index in [9.17, 15) is 8.42 Å². The van der Waals surface area contributed by atoms with Crippen molar-refractivity contribution in [1.29, 1.82) is 0 Å². The molecule has 0 atom stereocenters. The van der Waals surface area contributed by atoms with Crippen LogP contribution >= 0.6 is 0 Å². The van der Waals surface area contributed by atoms with Gasteiger partial charge < -0.3 is 9.73 Å². The Morgan fingerprint density at radius 1 is 1.39 bits per heavy atom. The Morgan fingerprint density at radius 2 is 2.06 bits per heavy atom. The number of hydrogen-bond acceptors (Lipinski definition) is 4. The molecule has 1 aromatic heterocycles. The zero-order valence-electron chi connectivity index (χ0n) is 11.0. The molecule has 18 heavy (non-hydrogen) atoms. The molecule has 0 saturated heterocycles. The van der Waals surface area contributed by atoms with Crippen molar-refractivity contribution in [3.8, 4) is 0 Å². The maximum atomic E-state index is 11.5. The van der Waals surface area contributed by atoms with Crippen LogP contribution in [0, 0.1) is 5.92 Å². The first kappa shape index (κ1) is 13.6. The van der Waals surface area contributed by atoms with Gasteiger partial charge in [0.2, 0.25) is 5.09 Å². The summed E-state index contributed by atoms with van der Waals surface area (Å²) in [6, 6.07) is 3.17. The fourth-order valence-electron chi connectivity index (χ4n) is 1.96. The molecule has 0 radical (unpaired) electrons. The van der Waals surface area contributed by atoms with Crippen molar-refractivity contribution >= 4 is 10.0 Å². The van der Waals surface area contributed by atoms with Gasteiger partial charge in [0.25, 0.3) is 10.0 Å². The number of sulfonamides is 1. The van der Waals surface area contributed by atoms with Crippen LogP contribution < -0.4 is 10.0 Å². The van der Waals surface area contributed by atoms with Crippen LogP contribution in [0.25, 0.3) is 0 Å². The van der Waals surface area contributed by atoms with E-state index < -0.39 is 10.0 Å². The molecule has 1 aromatic rings. The van der Waals surface area contributed by atoms with Gasteiger partial charge in [-0.05, 0) is 51.8 Å². The van der Waals surface area contributed by atoms with Gasteiger partial charge in [-0.3, -0.25) is 0 Å². The van der Waals surface area contributed by atoms with Crippen molar-refractivity contribution in [3.05, 3.63) is 17.9 Å². The summed E-state index contributed by atoms with van der Waals surface area (Å²) < 4.78 is 30.6. The average Bonchev–Trinajstić information content (AvgIpc) is 3.06. The predicted octanol–water partition coefficient (Wildman–Crippen LogP) is 1.47. The molecule has 1 fully saturated rings. The third-order valence-corrected chi connectivity index (χ3v) is 4.77. The molecule has 0 bridgehead atoms. The molecule has 0 aliphatic heterocycles. The van der Waals surface area contributed by atoms with Gasteiger partial charge in [-0.15, -0.1) is 0 Å². The van der Waals surface area contributed by atoms with Crippen LogP contribution in [0.4, 0.5) is 0 Å². The number of rotatable bonds is 6. The molecule has 2 N–H and O–H groups in total. The second kappa shape index (κ2) is 4.68. The van der Waals surface area contributed by atoms with E-state index in [0.29, 0.717) is 18.2 Å². The van der Waals surface area contributed by atoms with Crippen LogP contribution in [0.5, 0.6) is 0 Å². The van der Waals surface area contributed by atoms with E-state index in [4.69, 9.17) is 4.42 Å². The highest BCUT2D eigenvalue weighted by molar-refractivity contribution is 7.89. The van der Waals surface area contributed by atoms with Crippen molar-refractivity contribution in [2.45, 2.75) is 43.9 Å². The van der Waals surface area contributed by atoms with Crippen LogP contribution in [-0.2, 0) is 16.6 Å². The molecule has 0 aromatic carbocycles. The van der Waals surface area contributed by atoms with E-state index in [-0.39, 0.29) is 10.6 Å². The Hall–Kier alpha value is -0.850. The van der Waals surface area contributed by atoms with E-state index in [1.54, 1.807) is 6.07 Å². The Balaban J connectivity index is 1.99. The Labute approximate surface area is 108 Å². The number of furan rings is 1. The van der Waals surface area contributed by atoms with Gasteiger partial charge in [0.05, 0.1) is 6.54 Å². The number of hydrogen-bond donors (Lipinski definition) is 2. The van der Waals surface area contributed by atoms with Crippen LogP contribution in [0.15, 0.2) is 21.6 Å². The summed E-state index contributed by atoms with van der Waals surface area (Å²) in [6.07, 6.45) is 2.52. The first-order valence-electron chi connectivity index (χ1n) is 6.12. The Morgan fingerprint density at radius 3 is 2.61 bits per heavy atom. The molecule has 0 spiro atoms. The predicted molar refractivity (Wildman–Crippen MR) is 68.6 cm³/mol. The molecule has 1 aliphatic rings. The summed E-state index contributed by atoms with van der Waals surface area (Å²) in [6.45, 7) is 4.88. The van der Waals surface area contributed by atoms with Crippen LogP contribution in [0.1, 0.15) is 32.4 Å². The quantitative estimate of drug-likeness (QED) is 0.822. The Bertz CT molecular complexity index is 515. The van der Waals surface area contributed by atoms with E-state index in [0.717, 1.165) is 0 Å². The van der Waals surface area contributed by atoms with Crippen molar-refractivity contribution in [2.75, 3.05) is 7.05 Å². The lowest BCUT2D eigenvalue weighted by Crippen LogP contribution is -2.40. The van der Waals surface area contributed by atoms with E-state index in [1.165, 1.54) is 26.0 Å². The van der Waals surface area contributed by atoms with Gasteiger partial charge in [0.1, 0.15) is 5.76 Å². The van der Waals surface area contributed by atoms with Crippen molar-refractivity contribution < 1.29 is 12.8 Å².